The Kier molecular flexibility index (Phi) is 3.42. The molecule has 8 nitrogen and oxygen atoms in total. The predicted molar refractivity (Wildman–Crippen MR) is 73.6 cm³/mol. The highest BCUT2D eigenvalue weighted by Gasteiger charge is 2.03. The van der Waals surface area contributed by atoms with E-state index in [1.165, 1.54) is 0 Å². The predicted octanol–water partition coefficient (Wildman–Crippen LogP) is -0.000280. The third-order valence-electron chi connectivity index (χ3n) is 2.21. The van der Waals surface area contributed by atoms with E-state index in [9.17, 15) is 0 Å². The first-order valence-electron chi connectivity index (χ1n) is 5.48. The van der Waals surface area contributed by atoms with Gasteiger partial charge in [-0.05, 0) is 31.2 Å². The number of nitrogens with one attached hydrogen (secondary N) is 1. The topological polar surface area (TPSA) is 144 Å². The Bertz CT molecular complexity index is 618. The smallest absolute Gasteiger partial charge is 0.223 e. The lowest BCUT2D eigenvalue weighted by molar-refractivity contribution is 1.04. The van der Waals surface area contributed by atoms with Gasteiger partial charge in [-0.3, -0.25) is 5.10 Å². The van der Waals surface area contributed by atoms with Crippen LogP contribution in [0.1, 0.15) is 5.82 Å². The molecule has 2 rings (SSSR count). The van der Waals surface area contributed by atoms with Crippen molar-refractivity contribution in [3.05, 3.63) is 30.1 Å². The van der Waals surface area contributed by atoms with Gasteiger partial charge in [-0.2, -0.15) is 10.1 Å². The van der Waals surface area contributed by atoms with Crippen LogP contribution in [0, 0.1) is 6.92 Å². The van der Waals surface area contributed by atoms with Crippen LogP contribution in [0.2, 0.25) is 0 Å². The molecule has 1 aromatic carbocycles. The van der Waals surface area contributed by atoms with Crippen molar-refractivity contribution in [3.63, 3.8) is 0 Å². The molecule has 1 aromatic heterocycles. The van der Waals surface area contributed by atoms with Crippen molar-refractivity contribution in [1.29, 1.82) is 0 Å². The fourth-order valence-corrected chi connectivity index (χ4v) is 1.45. The molecule has 0 aliphatic rings. The SMILES string of the molecule is Cc1nc(-c2ccc(N=C(N)N=C(N)N)cc2)n[nH]1. The third-order valence-corrected chi connectivity index (χ3v) is 2.21. The summed E-state index contributed by atoms with van der Waals surface area (Å²) in [7, 11) is 0. The first kappa shape index (κ1) is 12.6. The number of nitrogens with two attached hydrogens (primary N) is 3. The molecule has 0 aliphatic carbocycles. The second-order valence-electron chi connectivity index (χ2n) is 3.80. The van der Waals surface area contributed by atoms with E-state index in [0.29, 0.717) is 11.5 Å². The van der Waals surface area contributed by atoms with Gasteiger partial charge in [0.05, 0.1) is 5.69 Å². The minimum atomic E-state index is -0.130. The number of H-pyrrole nitrogens is 1. The van der Waals surface area contributed by atoms with Gasteiger partial charge < -0.3 is 17.2 Å². The Morgan fingerprint density at radius 1 is 1.16 bits per heavy atom. The zero-order valence-electron chi connectivity index (χ0n) is 10.3. The Hall–Kier alpha value is -2.90. The lowest BCUT2D eigenvalue weighted by atomic mass is 10.2. The normalized spacial score (nSPS) is 11.3. The van der Waals surface area contributed by atoms with Crippen molar-refractivity contribution in [2.45, 2.75) is 6.92 Å². The van der Waals surface area contributed by atoms with Crippen LogP contribution in [0.5, 0.6) is 0 Å². The molecule has 98 valence electrons. The van der Waals surface area contributed by atoms with Crippen LogP contribution in [0.15, 0.2) is 34.3 Å². The molecular weight excluding hydrogens is 244 g/mol. The fraction of sp³-hybridized carbons (Fsp3) is 0.0909. The summed E-state index contributed by atoms with van der Waals surface area (Å²) in [6, 6.07) is 7.22. The number of hydrogen-bond acceptors (Lipinski definition) is 3. The van der Waals surface area contributed by atoms with Crippen molar-refractivity contribution >= 4 is 17.6 Å². The molecule has 8 heteroatoms. The zero-order chi connectivity index (χ0) is 13.8. The summed E-state index contributed by atoms with van der Waals surface area (Å²) in [4.78, 5) is 11.9. The first-order valence-corrected chi connectivity index (χ1v) is 5.48. The summed E-state index contributed by atoms with van der Waals surface area (Å²) in [6.45, 7) is 1.84. The molecule has 0 unspecified atom stereocenters. The highest BCUT2D eigenvalue weighted by Crippen LogP contribution is 2.19. The zero-order valence-corrected chi connectivity index (χ0v) is 10.3. The van der Waals surface area contributed by atoms with Crippen molar-refractivity contribution in [2.75, 3.05) is 0 Å². The van der Waals surface area contributed by atoms with Gasteiger partial charge >= 0.3 is 0 Å². The molecule has 0 aliphatic heterocycles. The summed E-state index contributed by atoms with van der Waals surface area (Å²) in [5.41, 5.74) is 17.4. The average molecular weight is 258 g/mol. The molecule has 0 bridgehead atoms. The number of aromatic nitrogens is 3. The maximum atomic E-state index is 5.53. The molecular formula is C11H14N8. The molecule has 19 heavy (non-hydrogen) atoms. The second-order valence-corrected chi connectivity index (χ2v) is 3.80. The molecule has 0 atom stereocenters. The van der Waals surface area contributed by atoms with Gasteiger partial charge in [0.25, 0.3) is 0 Å². The number of rotatable bonds is 2. The van der Waals surface area contributed by atoms with Gasteiger partial charge in [0.15, 0.2) is 11.8 Å². The van der Waals surface area contributed by atoms with Crippen LogP contribution in [-0.4, -0.2) is 27.1 Å². The fourth-order valence-electron chi connectivity index (χ4n) is 1.45. The minimum absolute atomic E-state index is 0.00138. The Labute approximate surface area is 109 Å². The average Bonchev–Trinajstić information content (AvgIpc) is 2.75. The van der Waals surface area contributed by atoms with Gasteiger partial charge in [0, 0.05) is 5.56 Å². The molecule has 0 amide bonds. The number of nitrogens with zero attached hydrogens (tertiary/aromatic N) is 4. The van der Waals surface area contributed by atoms with Crippen LogP contribution in [0.4, 0.5) is 5.69 Å². The van der Waals surface area contributed by atoms with Gasteiger partial charge in [-0.25, -0.2) is 9.98 Å². The summed E-state index contributed by atoms with van der Waals surface area (Å²) in [5.74, 6) is 1.26. The van der Waals surface area contributed by atoms with Crippen LogP contribution in [0.3, 0.4) is 0 Å². The Morgan fingerprint density at radius 3 is 2.37 bits per heavy atom. The van der Waals surface area contributed by atoms with Crippen molar-refractivity contribution in [1.82, 2.24) is 15.2 Å². The number of benzene rings is 1. The minimum Gasteiger partial charge on any atom is -0.370 e. The van der Waals surface area contributed by atoms with E-state index in [-0.39, 0.29) is 11.9 Å². The molecule has 0 fully saturated rings. The van der Waals surface area contributed by atoms with Gasteiger partial charge in [0.1, 0.15) is 5.82 Å². The number of aliphatic imine (C=N–C) groups is 2. The lowest BCUT2D eigenvalue weighted by Crippen LogP contribution is -2.26. The molecule has 1 heterocycles. The Morgan fingerprint density at radius 2 is 1.84 bits per heavy atom. The van der Waals surface area contributed by atoms with Crippen molar-refractivity contribution in [2.24, 2.45) is 27.2 Å². The van der Waals surface area contributed by atoms with Crippen molar-refractivity contribution < 1.29 is 0 Å². The standard InChI is InChI=1S/C11H14N8/c1-6-15-9(19-18-6)7-2-4-8(5-3-7)16-11(14)17-10(12)13/h2-5H,1H3,(H,15,18,19)(H6,12,13,14,16,17). The lowest BCUT2D eigenvalue weighted by Gasteiger charge is -1.98. The molecule has 7 N–H and O–H groups in total. The number of aromatic amines is 1. The van der Waals surface area contributed by atoms with Gasteiger partial charge in [-0.15, -0.1) is 0 Å². The summed E-state index contributed by atoms with van der Waals surface area (Å²) < 4.78 is 0. The van der Waals surface area contributed by atoms with Crippen LogP contribution in [-0.2, 0) is 0 Å². The van der Waals surface area contributed by atoms with Gasteiger partial charge in [-0.1, -0.05) is 0 Å². The largest absolute Gasteiger partial charge is 0.370 e. The molecule has 0 saturated carbocycles. The summed E-state index contributed by atoms with van der Waals surface area (Å²) in [5, 5.41) is 6.85. The van der Waals surface area contributed by atoms with E-state index in [1.54, 1.807) is 12.1 Å². The molecule has 0 spiro atoms. The monoisotopic (exact) mass is 258 g/mol. The number of hydrogen-bond donors (Lipinski definition) is 4. The van der Waals surface area contributed by atoms with E-state index in [1.807, 2.05) is 19.1 Å². The van der Waals surface area contributed by atoms with Gasteiger partial charge in [0.2, 0.25) is 5.96 Å². The Balaban J connectivity index is 2.22. The number of aryl methyl sites for hydroxylation is 1. The molecule has 2 aromatic rings. The molecule has 0 radical (unpaired) electrons. The number of guanidine groups is 2. The van der Waals surface area contributed by atoms with Crippen LogP contribution in [0.25, 0.3) is 11.4 Å². The first-order chi connectivity index (χ1) is 9.04. The highest BCUT2D eigenvalue weighted by atomic mass is 15.2. The van der Waals surface area contributed by atoms with Crippen molar-refractivity contribution in [3.8, 4) is 11.4 Å². The molecule has 0 saturated heterocycles. The second kappa shape index (κ2) is 5.17. The third kappa shape index (κ3) is 3.28. The quantitative estimate of drug-likeness (QED) is 0.442. The van der Waals surface area contributed by atoms with E-state index < -0.39 is 0 Å². The van der Waals surface area contributed by atoms with Crippen LogP contribution < -0.4 is 17.2 Å². The van der Waals surface area contributed by atoms with E-state index >= 15 is 0 Å². The maximum absolute atomic E-state index is 5.53. The summed E-state index contributed by atoms with van der Waals surface area (Å²) >= 11 is 0. The van der Waals surface area contributed by atoms with E-state index in [4.69, 9.17) is 17.2 Å². The van der Waals surface area contributed by atoms with E-state index in [0.717, 1.165) is 11.4 Å². The van der Waals surface area contributed by atoms with Crippen LogP contribution >= 0.6 is 0 Å². The maximum Gasteiger partial charge on any atom is 0.223 e. The van der Waals surface area contributed by atoms with E-state index in [2.05, 4.69) is 25.2 Å². The highest BCUT2D eigenvalue weighted by molar-refractivity contribution is 5.93. The summed E-state index contributed by atoms with van der Waals surface area (Å²) in [6.07, 6.45) is 0.